The zero-order valence-electron chi connectivity index (χ0n) is 13.3. The molecule has 0 aliphatic carbocycles. The smallest absolute Gasteiger partial charge is 0.242 e. The second-order valence-electron chi connectivity index (χ2n) is 5.79. The Kier molecular flexibility index (Phi) is 4.84. The molecule has 124 valence electrons. The lowest BCUT2D eigenvalue weighted by Crippen LogP contribution is -2.24. The monoisotopic (exact) mass is 341 g/mol. The number of nitrogens with one attached hydrogen (secondary N) is 1. The van der Waals surface area contributed by atoms with Crippen molar-refractivity contribution >= 4 is 15.7 Å². The predicted molar refractivity (Wildman–Crippen MR) is 93.1 cm³/mol. The minimum Gasteiger partial charge on any atom is -0.372 e. The van der Waals surface area contributed by atoms with Crippen molar-refractivity contribution in [3.63, 3.8) is 0 Å². The van der Waals surface area contributed by atoms with Gasteiger partial charge < -0.3 is 4.90 Å². The summed E-state index contributed by atoms with van der Waals surface area (Å²) >= 11 is 0. The van der Waals surface area contributed by atoms with E-state index in [-0.39, 0.29) is 17.0 Å². The number of anilines is 1. The van der Waals surface area contributed by atoms with Crippen LogP contribution < -0.4 is 9.62 Å². The van der Waals surface area contributed by atoms with E-state index in [0.717, 1.165) is 18.7 Å². The van der Waals surface area contributed by atoms with Gasteiger partial charge in [0.05, 0.1) is 10.5 Å². The normalized spacial score (nSPS) is 14.5. The van der Waals surface area contributed by atoms with Gasteiger partial charge in [-0.1, -0.05) is 24.3 Å². The van der Waals surface area contributed by atoms with E-state index < -0.39 is 10.0 Å². The Labute approximate surface area is 142 Å². The van der Waals surface area contributed by atoms with Crippen molar-refractivity contribution in [1.29, 1.82) is 5.26 Å². The number of hydrogen-bond acceptors (Lipinski definition) is 4. The first-order chi connectivity index (χ1) is 11.6. The van der Waals surface area contributed by atoms with Crippen LogP contribution >= 0.6 is 0 Å². The zero-order valence-corrected chi connectivity index (χ0v) is 14.1. The highest BCUT2D eigenvalue weighted by molar-refractivity contribution is 7.89. The fourth-order valence-electron chi connectivity index (χ4n) is 2.85. The highest BCUT2D eigenvalue weighted by Gasteiger charge is 2.18. The Morgan fingerprint density at radius 2 is 1.71 bits per heavy atom. The molecule has 0 bridgehead atoms. The van der Waals surface area contributed by atoms with Gasteiger partial charge in [-0.3, -0.25) is 0 Å². The summed E-state index contributed by atoms with van der Waals surface area (Å²) in [6.07, 6.45) is 2.44. The molecule has 0 radical (unpaired) electrons. The van der Waals surface area contributed by atoms with E-state index in [9.17, 15) is 8.42 Å². The lowest BCUT2D eigenvalue weighted by Gasteiger charge is -2.17. The van der Waals surface area contributed by atoms with Crippen molar-refractivity contribution in [2.75, 3.05) is 18.0 Å². The fraction of sp³-hybridized carbons (Fsp3) is 0.278. The van der Waals surface area contributed by atoms with Crippen molar-refractivity contribution in [2.45, 2.75) is 24.3 Å². The van der Waals surface area contributed by atoms with Crippen molar-refractivity contribution in [2.24, 2.45) is 0 Å². The summed E-state index contributed by atoms with van der Waals surface area (Å²) in [6.45, 7) is 2.36. The highest BCUT2D eigenvalue weighted by atomic mass is 32.2. The van der Waals surface area contributed by atoms with E-state index in [1.807, 2.05) is 30.3 Å². The first-order valence-electron chi connectivity index (χ1n) is 7.93. The molecule has 0 atom stereocenters. The summed E-state index contributed by atoms with van der Waals surface area (Å²) in [7, 11) is -3.71. The van der Waals surface area contributed by atoms with Crippen molar-refractivity contribution in [3.8, 4) is 6.07 Å². The van der Waals surface area contributed by atoms with Gasteiger partial charge in [0.15, 0.2) is 0 Å². The average molecular weight is 341 g/mol. The van der Waals surface area contributed by atoms with Crippen LogP contribution in [0.1, 0.15) is 24.0 Å². The van der Waals surface area contributed by atoms with Gasteiger partial charge in [0.2, 0.25) is 10.0 Å². The van der Waals surface area contributed by atoms with Gasteiger partial charge >= 0.3 is 0 Å². The highest BCUT2D eigenvalue weighted by Crippen LogP contribution is 2.21. The quantitative estimate of drug-likeness (QED) is 0.907. The molecule has 1 saturated heterocycles. The third-order valence-electron chi connectivity index (χ3n) is 4.17. The van der Waals surface area contributed by atoms with Crippen molar-refractivity contribution in [1.82, 2.24) is 4.72 Å². The fourth-order valence-corrected chi connectivity index (χ4v) is 4.02. The lowest BCUT2D eigenvalue weighted by molar-refractivity contribution is 0.581. The summed E-state index contributed by atoms with van der Waals surface area (Å²) in [5, 5.41) is 9.05. The van der Waals surface area contributed by atoms with Gasteiger partial charge in [-0.25, -0.2) is 13.1 Å². The maximum Gasteiger partial charge on any atom is 0.242 e. The standard InChI is InChI=1S/C18H19N3O2S/c19-13-16-5-1-2-6-18(16)24(22,23)20-14-15-7-9-17(10-8-15)21-11-3-4-12-21/h1-2,5-10,20H,3-4,11-12,14H2. The molecular formula is C18H19N3O2S. The second-order valence-corrected chi connectivity index (χ2v) is 7.53. The number of sulfonamides is 1. The number of nitriles is 1. The number of nitrogens with zero attached hydrogens (tertiary/aromatic N) is 2. The van der Waals surface area contributed by atoms with Crippen LogP contribution in [-0.4, -0.2) is 21.5 Å². The minimum atomic E-state index is -3.71. The van der Waals surface area contributed by atoms with Crippen LogP contribution in [0.4, 0.5) is 5.69 Å². The molecule has 3 rings (SSSR count). The Bertz CT molecular complexity index is 849. The largest absolute Gasteiger partial charge is 0.372 e. The molecule has 1 fully saturated rings. The first-order valence-corrected chi connectivity index (χ1v) is 9.41. The van der Waals surface area contributed by atoms with Crippen LogP contribution in [0.25, 0.3) is 0 Å². The molecule has 0 spiro atoms. The molecule has 0 amide bonds. The Morgan fingerprint density at radius 1 is 1.04 bits per heavy atom. The SMILES string of the molecule is N#Cc1ccccc1S(=O)(=O)NCc1ccc(N2CCCC2)cc1. The van der Waals surface area contributed by atoms with E-state index in [4.69, 9.17) is 5.26 Å². The predicted octanol–water partition coefficient (Wildman–Crippen LogP) is 2.64. The maximum absolute atomic E-state index is 12.4. The summed E-state index contributed by atoms with van der Waals surface area (Å²) in [4.78, 5) is 2.35. The molecular weight excluding hydrogens is 322 g/mol. The first kappa shape index (κ1) is 16.5. The van der Waals surface area contributed by atoms with Crippen LogP contribution in [0.15, 0.2) is 53.4 Å². The third kappa shape index (κ3) is 3.58. The molecule has 5 nitrogen and oxygen atoms in total. The number of rotatable bonds is 5. The molecule has 1 heterocycles. The molecule has 2 aromatic rings. The van der Waals surface area contributed by atoms with Gasteiger partial charge in [0.25, 0.3) is 0 Å². The van der Waals surface area contributed by atoms with Crippen LogP contribution in [0.5, 0.6) is 0 Å². The molecule has 1 N–H and O–H groups in total. The van der Waals surface area contributed by atoms with E-state index in [1.165, 1.54) is 30.7 Å². The lowest BCUT2D eigenvalue weighted by atomic mass is 10.2. The average Bonchev–Trinajstić information content (AvgIpc) is 3.15. The van der Waals surface area contributed by atoms with Gasteiger partial charge in [0, 0.05) is 25.3 Å². The van der Waals surface area contributed by atoms with Crippen LogP contribution in [-0.2, 0) is 16.6 Å². The zero-order chi connectivity index (χ0) is 17.0. The Morgan fingerprint density at radius 3 is 2.38 bits per heavy atom. The third-order valence-corrected chi connectivity index (χ3v) is 5.63. The molecule has 0 saturated carbocycles. The van der Waals surface area contributed by atoms with E-state index in [1.54, 1.807) is 12.1 Å². The number of benzene rings is 2. The van der Waals surface area contributed by atoms with Gasteiger partial charge in [-0.15, -0.1) is 0 Å². The molecule has 0 aromatic heterocycles. The number of hydrogen-bond donors (Lipinski definition) is 1. The molecule has 1 aliphatic rings. The minimum absolute atomic E-state index is 0.0150. The van der Waals surface area contributed by atoms with Crippen LogP contribution in [0.3, 0.4) is 0 Å². The molecule has 6 heteroatoms. The van der Waals surface area contributed by atoms with Crippen molar-refractivity contribution in [3.05, 3.63) is 59.7 Å². The summed E-state index contributed by atoms with van der Waals surface area (Å²) < 4.78 is 27.3. The summed E-state index contributed by atoms with van der Waals surface area (Å²) in [5.41, 5.74) is 2.21. The topological polar surface area (TPSA) is 73.2 Å². The van der Waals surface area contributed by atoms with Gasteiger partial charge in [-0.2, -0.15) is 5.26 Å². The maximum atomic E-state index is 12.4. The Balaban J connectivity index is 1.69. The summed E-state index contributed by atoms with van der Waals surface area (Å²) in [6, 6.07) is 16.0. The Hall–Kier alpha value is -2.36. The van der Waals surface area contributed by atoms with E-state index >= 15 is 0 Å². The molecule has 2 aromatic carbocycles. The van der Waals surface area contributed by atoms with Crippen LogP contribution in [0.2, 0.25) is 0 Å². The molecule has 1 aliphatic heterocycles. The van der Waals surface area contributed by atoms with E-state index in [0.29, 0.717) is 0 Å². The van der Waals surface area contributed by atoms with Gasteiger partial charge in [-0.05, 0) is 42.7 Å². The second kappa shape index (κ2) is 7.04. The molecule has 24 heavy (non-hydrogen) atoms. The van der Waals surface area contributed by atoms with Gasteiger partial charge in [0.1, 0.15) is 6.07 Å². The van der Waals surface area contributed by atoms with E-state index in [2.05, 4.69) is 9.62 Å². The summed E-state index contributed by atoms with van der Waals surface area (Å²) in [5.74, 6) is 0. The molecule has 0 unspecified atom stereocenters. The van der Waals surface area contributed by atoms with Crippen molar-refractivity contribution < 1.29 is 8.42 Å². The van der Waals surface area contributed by atoms with Crippen LogP contribution in [0, 0.1) is 11.3 Å².